The summed E-state index contributed by atoms with van der Waals surface area (Å²) in [5.41, 5.74) is 1.40. The summed E-state index contributed by atoms with van der Waals surface area (Å²) in [5.74, 6) is 0. The zero-order chi connectivity index (χ0) is 10.4. The Hall–Kier alpha value is -0.280. The first kappa shape index (κ1) is 18.1. The lowest BCUT2D eigenvalue weighted by Gasteiger charge is -2.24. The first-order valence-corrected chi connectivity index (χ1v) is 5.09. The van der Waals surface area contributed by atoms with Gasteiger partial charge in [-0.3, -0.25) is 0 Å². The van der Waals surface area contributed by atoms with Crippen LogP contribution in [0.4, 0.5) is 0 Å². The molecule has 0 bridgehead atoms. The first-order chi connectivity index (χ1) is 6.74. The van der Waals surface area contributed by atoms with E-state index in [0.29, 0.717) is 6.04 Å². The smallest absolute Gasteiger partial charge is 0.0254 e. The summed E-state index contributed by atoms with van der Waals surface area (Å²) in [6.07, 6.45) is 1.11. The second-order valence-corrected chi connectivity index (χ2v) is 3.86. The van der Waals surface area contributed by atoms with Crippen LogP contribution in [0, 0.1) is 0 Å². The lowest BCUT2D eigenvalue weighted by Crippen LogP contribution is -2.38. The maximum absolute atomic E-state index is 3.23. The quantitative estimate of drug-likeness (QED) is 0.878. The van der Waals surface area contributed by atoms with Crippen LogP contribution >= 0.6 is 24.8 Å². The molecular weight excluding hydrogens is 243 g/mol. The van der Waals surface area contributed by atoms with Gasteiger partial charge in [0.25, 0.3) is 0 Å². The Morgan fingerprint density at radius 2 is 1.69 bits per heavy atom. The molecule has 1 aromatic rings. The van der Waals surface area contributed by atoms with E-state index < -0.39 is 0 Å². The molecule has 1 N–H and O–H groups in total. The molecule has 0 unspecified atom stereocenters. The van der Waals surface area contributed by atoms with Crippen LogP contribution in [-0.2, 0) is 6.42 Å². The number of rotatable bonds is 5. The minimum Gasteiger partial charge on any atom is -0.318 e. The zero-order valence-corrected chi connectivity index (χ0v) is 11.8. The fraction of sp³-hybridized carbons (Fsp3) is 0.500. The monoisotopic (exact) mass is 264 g/mol. The predicted octanol–water partition coefficient (Wildman–Crippen LogP) is 2.22. The lowest BCUT2D eigenvalue weighted by molar-refractivity contribution is 0.286. The highest BCUT2D eigenvalue weighted by Gasteiger charge is 2.10. The highest BCUT2D eigenvalue weighted by molar-refractivity contribution is 5.85. The van der Waals surface area contributed by atoms with Gasteiger partial charge < -0.3 is 10.2 Å². The van der Waals surface area contributed by atoms with Crippen LogP contribution in [0.1, 0.15) is 5.56 Å². The topological polar surface area (TPSA) is 15.3 Å². The molecule has 1 aromatic carbocycles. The molecule has 0 spiro atoms. The summed E-state index contributed by atoms with van der Waals surface area (Å²) >= 11 is 0. The Morgan fingerprint density at radius 3 is 2.12 bits per heavy atom. The van der Waals surface area contributed by atoms with Crippen molar-refractivity contribution in [3.63, 3.8) is 0 Å². The highest BCUT2D eigenvalue weighted by atomic mass is 35.5. The van der Waals surface area contributed by atoms with E-state index in [0.717, 1.165) is 13.0 Å². The van der Waals surface area contributed by atoms with Gasteiger partial charge in [-0.15, -0.1) is 24.8 Å². The molecule has 0 aliphatic carbocycles. The van der Waals surface area contributed by atoms with Crippen molar-refractivity contribution in [2.75, 3.05) is 27.7 Å². The van der Waals surface area contributed by atoms with E-state index in [1.807, 2.05) is 7.05 Å². The van der Waals surface area contributed by atoms with Crippen molar-refractivity contribution in [1.29, 1.82) is 0 Å². The van der Waals surface area contributed by atoms with Gasteiger partial charge >= 0.3 is 0 Å². The highest BCUT2D eigenvalue weighted by Crippen LogP contribution is 2.05. The van der Waals surface area contributed by atoms with Gasteiger partial charge in [0.15, 0.2) is 0 Å². The van der Waals surface area contributed by atoms with Crippen molar-refractivity contribution in [3.8, 4) is 0 Å². The van der Waals surface area contributed by atoms with Crippen LogP contribution in [-0.4, -0.2) is 38.6 Å². The van der Waals surface area contributed by atoms with E-state index in [4.69, 9.17) is 0 Å². The van der Waals surface area contributed by atoms with Crippen LogP contribution in [0.15, 0.2) is 30.3 Å². The van der Waals surface area contributed by atoms with Crippen molar-refractivity contribution in [1.82, 2.24) is 10.2 Å². The minimum atomic E-state index is 0. The molecule has 0 heterocycles. The lowest BCUT2D eigenvalue weighted by atomic mass is 10.1. The van der Waals surface area contributed by atoms with Crippen molar-refractivity contribution in [3.05, 3.63) is 35.9 Å². The van der Waals surface area contributed by atoms with Crippen molar-refractivity contribution in [2.24, 2.45) is 0 Å². The van der Waals surface area contributed by atoms with Gasteiger partial charge in [0.2, 0.25) is 0 Å². The number of likely N-dealkylation sites (N-methyl/N-ethyl adjacent to an activating group) is 2. The standard InChI is InChI=1S/C12H20N2.2ClH/c1-13-10-12(14(2)3)9-11-7-5-4-6-8-11;;/h4-8,12-13H,9-10H2,1-3H3;2*1H/t12-;;/m1../s1. The minimum absolute atomic E-state index is 0. The molecule has 0 fully saturated rings. The molecule has 2 nitrogen and oxygen atoms in total. The van der Waals surface area contributed by atoms with Gasteiger partial charge in [-0.05, 0) is 33.1 Å². The van der Waals surface area contributed by atoms with Crippen LogP contribution < -0.4 is 5.32 Å². The van der Waals surface area contributed by atoms with Crippen molar-refractivity contribution < 1.29 is 0 Å². The van der Waals surface area contributed by atoms with E-state index in [-0.39, 0.29) is 24.8 Å². The number of nitrogens with one attached hydrogen (secondary N) is 1. The molecule has 94 valence electrons. The van der Waals surface area contributed by atoms with Gasteiger partial charge in [-0.1, -0.05) is 30.3 Å². The summed E-state index contributed by atoms with van der Waals surface area (Å²) in [6.45, 7) is 1.03. The molecule has 0 amide bonds. The Bertz CT molecular complexity index is 252. The fourth-order valence-corrected chi connectivity index (χ4v) is 1.56. The third-order valence-corrected chi connectivity index (χ3v) is 2.48. The largest absolute Gasteiger partial charge is 0.318 e. The maximum Gasteiger partial charge on any atom is 0.0254 e. The van der Waals surface area contributed by atoms with Gasteiger partial charge in [-0.2, -0.15) is 0 Å². The van der Waals surface area contributed by atoms with Crippen molar-refractivity contribution >= 4 is 24.8 Å². The molecule has 0 aromatic heterocycles. The molecule has 0 aliphatic heterocycles. The van der Waals surface area contributed by atoms with E-state index in [1.54, 1.807) is 0 Å². The van der Waals surface area contributed by atoms with Crippen LogP contribution in [0.25, 0.3) is 0 Å². The number of nitrogens with zero attached hydrogens (tertiary/aromatic N) is 1. The third-order valence-electron chi connectivity index (χ3n) is 2.48. The predicted molar refractivity (Wildman–Crippen MR) is 76.0 cm³/mol. The maximum atomic E-state index is 3.23. The van der Waals surface area contributed by atoms with Gasteiger partial charge in [-0.25, -0.2) is 0 Å². The number of hydrogen-bond donors (Lipinski definition) is 1. The molecular formula is C12H22Cl2N2. The summed E-state index contributed by atoms with van der Waals surface area (Å²) in [6, 6.07) is 11.2. The Morgan fingerprint density at radius 1 is 1.12 bits per heavy atom. The fourth-order valence-electron chi connectivity index (χ4n) is 1.56. The van der Waals surface area contributed by atoms with Gasteiger partial charge in [0, 0.05) is 12.6 Å². The summed E-state index contributed by atoms with van der Waals surface area (Å²) in [5, 5.41) is 3.23. The molecule has 0 saturated heterocycles. The van der Waals surface area contributed by atoms with E-state index >= 15 is 0 Å². The Balaban J connectivity index is 0. The van der Waals surface area contributed by atoms with Crippen molar-refractivity contribution in [2.45, 2.75) is 12.5 Å². The number of benzene rings is 1. The van der Waals surface area contributed by atoms with Crippen LogP contribution in [0.5, 0.6) is 0 Å². The summed E-state index contributed by atoms with van der Waals surface area (Å²) in [7, 11) is 6.26. The second-order valence-electron chi connectivity index (χ2n) is 3.86. The molecule has 16 heavy (non-hydrogen) atoms. The normalized spacial score (nSPS) is 11.5. The second kappa shape index (κ2) is 9.91. The van der Waals surface area contributed by atoms with Gasteiger partial charge in [0.05, 0.1) is 0 Å². The third kappa shape index (κ3) is 6.33. The summed E-state index contributed by atoms with van der Waals surface area (Å²) in [4.78, 5) is 2.27. The van der Waals surface area contributed by atoms with Gasteiger partial charge in [0.1, 0.15) is 0 Å². The van der Waals surface area contributed by atoms with E-state index in [1.165, 1.54) is 5.56 Å². The zero-order valence-electron chi connectivity index (χ0n) is 10.1. The number of halogens is 2. The Kier molecular flexibility index (Phi) is 11.2. The molecule has 1 atom stereocenters. The first-order valence-electron chi connectivity index (χ1n) is 5.09. The number of hydrogen-bond acceptors (Lipinski definition) is 2. The molecule has 0 radical (unpaired) electrons. The molecule has 0 aliphatic rings. The van der Waals surface area contributed by atoms with Crippen LogP contribution in [0.2, 0.25) is 0 Å². The molecule has 1 rings (SSSR count). The average molecular weight is 265 g/mol. The molecule has 0 saturated carbocycles. The van der Waals surface area contributed by atoms with E-state index in [2.05, 4.69) is 54.6 Å². The molecule has 4 heteroatoms. The van der Waals surface area contributed by atoms with Crippen LogP contribution in [0.3, 0.4) is 0 Å². The SMILES string of the molecule is CNC[C@@H](Cc1ccccc1)N(C)C.Cl.Cl. The average Bonchev–Trinajstić information content (AvgIpc) is 2.18. The van der Waals surface area contributed by atoms with E-state index in [9.17, 15) is 0 Å². The Labute approximate surface area is 111 Å². The summed E-state index contributed by atoms with van der Waals surface area (Å²) < 4.78 is 0.